The van der Waals surface area contributed by atoms with Gasteiger partial charge in [-0.2, -0.15) is 0 Å². The summed E-state index contributed by atoms with van der Waals surface area (Å²) in [5.74, 6) is 1.50. The molecule has 0 aliphatic rings. The topological polar surface area (TPSA) is 70.2 Å². The minimum atomic E-state index is -0.174. The van der Waals surface area contributed by atoms with Crippen LogP contribution < -0.4 is 10.6 Å². The van der Waals surface area contributed by atoms with Gasteiger partial charge in [0, 0.05) is 18.3 Å². The highest BCUT2D eigenvalue weighted by Crippen LogP contribution is 2.20. The lowest BCUT2D eigenvalue weighted by molar-refractivity contribution is 0.0947. The minimum absolute atomic E-state index is 0.174. The van der Waals surface area contributed by atoms with Gasteiger partial charge in [-0.1, -0.05) is 26.0 Å². The predicted molar refractivity (Wildman–Crippen MR) is 106 cm³/mol. The Morgan fingerprint density at radius 3 is 2.46 bits per heavy atom. The quantitative estimate of drug-likeness (QED) is 0.711. The molecule has 6 nitrogen and oxygen atoms in total. The van der Waals surface area contributed by atoms with Crippen molar-refractivity contribution in [2.24, 2.45) is 0 Å². The Morgan fingerprint density at radius 1 is 1.15 bits per heavy atom. The number of amides is 1. The van der Waals surface area contributed by atoms with Gasteiger partial charge in [0.1, 0.15) is 17.3 Å². The molecule has 1 aromatic heterocycles. The van der Waals surface area contributed by atoms with Crippen LogP contribution in [0.1, 0.15) is 48.1 Å². The summed E-state index contributed by atoms with van der Waals surface area (Å²) in [7, 11) is 4.03. The Kier molecular flexibility index (Phi) is 7.09. The van der Waals surface area contributed by atoms with Crippen molar-refractivity contribution in [3.8, 4) is 0 Å². The first-order chi connectivity index (χ1) is 12.3. The minimum Gasteiger partial charge on any atom is -0.351 e. The summed E-state index contributed by atoms with van der Waals surface area (Å²) >= 11 is 0. The van der Waals surface area contributed by atoms with Crippen molar-refractivity contribution in [3.63, 3.8) is 0 Å². The van der Waals surface area contributed by atoms with Crippen LogP contribution in [0.2, 0.25) is 0 Å². The van der Waals surface area contributed by atoms with Crippen LogP contribution >= 0.6 is 0 Å². The molecule has 0 spiro atoms. The van der Waals surface area contributed by atoms with E-state index in [0.29, 0.717) is 29.8 Å². The first-order valence-electron chi connectivity index (χ1n) is 9.00. The molecule has 0 saturated carbocycles. The van der Waals surface area contributed by atoms with Crippen LogP contribution in [0.3, 0.4) is 0 Å². The number of aromatic nitrogens is 2. The summed E-state index contributed by atoms with van der Waals surface area (Å²) < 4.78 is 0. The Hall–Kier alpha value is -2.47. The van der Waals surface area contributed by atoms with E-state index in [9.17, 15) is 4.79 Å². The van der Waals surface area contributed by atoms with Crippen LogP contribution in [-0.2, 0) is 0 Å². The number of anilines is 2. The molecule has 140 valence electrons. The van der Waals surface area contributed by atoms with E-state index in [1.54, 1.807) is 13.0 Å². The van der Waals surface area contributed by atoms with Crippen LogP contribution in [0.25, 0.3) is 0 Å². The monoisotopic (exact) mass is 355 g/mol. The Balaban J connectivity index is 2.03. The van der Waals surface area contributed by atoms with Crippen molar-refractivity contribution in [2.45, 2.75) is 33.1 Å². The first kappa shape index (κ1) is 19.8. The normalized spacial score (nSPS) is 11.0. The Bertz CT molecular complexity index is 725. The maximum atomic E-state index is 12.3. The van der Waals surface area contributed by atoms with Gasteiger partial charge < -0.3 is 15.5 Å². The predicted octanol–water partition coefficient (Wildman–Crippen LogP) is 3.33. The second-order valence-corrected chi connectivity index (χ2v) is 7.00. The molecule has 1 amide bonds. The summed E-state index contributed by atoms with van der Waals surface area (Å²) in [6, 6.07) is 9.92. The highest BCUT2D eigenvalue weighted by atomic mass is 16.1. The fourth-order valence-electron chi connectivity index (χ4n) is 2.54. The molecule has 0 radical (unpaired) electrons. The second-order valence-electron chi connectivity index (χ2n) is 7.00. The van der Waals surface area contributed by atoms with Gasteiger partial charge in [-0.05, 0) is 57.6 Å². The van der Waals surface area contributed by atoms with E-state index in [1.165, 1.54) is 5.56 Å². The largest absolute Gasteiger partial charge is 0.351 e. The zero-order chi connectivity index (χ0) is 19.1. The van der Waals surface area contributed by atoms with Gasteiger partial charge in [-0.3, -0.25) is 4.79 Å². The van der Waals surface area contributed by atoms with E-state index < -0.39 is 0 Å². The molecular weight excluding hydrogens is 326 g/mol. The lowest BCUT2D eigenvalue weighted by Crippen LogP contribution is -2.28. The SMILES string of the molecule is Cc1nc(Nc2ccc(C(C)C)cc2)cc(C(=O)NCCCN(C)C)n1. The molecule has 6 heteroatoms. The van der Waals surface area contributed by atoms with Gasteiger partial charge >= 0.3 is 0 Å². The van der Waals surface area contributed by atoms with E-state index >= 15 is 0 Å². The molecule has 2 rings (SSSR count). The molecule has 0 saturated heterocycles. The Labute approximate surface area is 156 Å². The smallest absolute Gasteiger partial charge is 0.270 e. The van der Waals surface area contributed by atoms with Gasteiger partial charge in [-0.15, -0.1) is 0 Å². The average molecular weight is 355 g/mol. The van der Waals surface area contributed by atoms with Crippen molar-refractivity contribution in [2.75, 3.05) is 32.5 Å². The molecule has 0 aliphatic heterocycles. The average Bonchev–Trinajstić information content (AvgIpc) is 2.58. The lowest BCUT2D eigenvalue weighted by Gasteiger charge is -2.11. The molecule has 0 aliphatic carbocycles. The van der Waals surface area contributed by atoms with E-state index in [0.717, 1.165) is 18.7 Å². The summed E-state index contributed by atoms with van der Waals surface area (Å²) in [5, 5.41) is 6.16. The number of carbonyl (C=O) groups excluding carboxylic acids is 1. The number of benzene rings is 1. The van der Waals surface area contributed by atoms with Crippen molar-refractivity contribution in [3.05, 3.63) is 47.4 Å². The lowest BCUT2D eigenvalue weighted by atomic mass is 10.0. The molecule has 0 bridgehead atoms. The highest BCUT2D eigenvalue weighted by molar-refractivity contribution is 5.93. The number of carbonyl (C=O) groups is 1. The number of nitrogens with one attached hydrogen (secondary N) is 2. The number of rotatable bonds is 8. The number of aryl methyl sites for hydroxylation is 1. The van der Waals surface area contributed by atoms with Crippen molar-refractivity contribution in [1.29, 1.82) is 0 Å². The highest BCUT2D eigenvalue weighted by Gasteiger charge is 2.10. The maximum Gasteiger partial charge on any atom is 0.270 e. The van der Waals surface area contributed by atoms with Crippen molar-refractivity contribution in [1.82, 2.24) is 20.2 Å². The van der Waals surface area contributed by atoms with Crippen molar-refractivity contribution >= 4 is 17.4 Å². The zero-order valence-electron chi connectivity index (χ0n) is 16.3. The van der Waals surface area contributed by atoms with E-state index in [-0.39, 0.29) is 5.91 Å². The Morgan fingerprint density at radius 2 is 1.85 bits per heavy atom. The third kappa shape index (κ3) is 6.11. The van der Waals surface area contributed by atoms with Crippen LogP contribution in [0.4, 0.5) is 11.5 Å². The first-order valence-corrected chi connectivity index (χ1v) is 9.00. The third-order valence-electron chi connectivity index (χ3n) is 3.99. The third-order valence-corrected chi connectivity index (χ3v) is 3.99. The van der Waals surface area contributed by atoms with Crippen LogP contribution in [0.5, 0.6) is 0 Å². The molecule has 2 N–H and O–H groups in total. The van der Waals surface area contributed by atoms with Crippen LogP contribution in [0, 0.1) is 6.92 Å². The van der Waals surface area contributed by atoms with Gasteiger partial charge in [-0.25, -0.2) is 9.97 Å². The fourth-order valence-corrected chi connectivity index (χ4v) is 2.54. The van der Waals surface area contributed by atoms with Gasteiger partial charge in [0.05, 0.1) is 0 Å². The number of hydrogen-bond acceptors (Lipinski definition) is 5. The number of hydrogen-bond donors (Lipinski definition) is 2. The molecule has 26 heavy (non-hydrogen) atoms. The van der Waals surface area contributed by atoms with Crippen molar-refractivity contribution < 1.29 is 4.79 Å². The van der Waals surface area contributed by atoms with Gasteiger partial charge in [0.2, 0.25) is 0 Å². The molecule has 1 heterocycles. The zero-order valence-corrected chi connectivity index (χ0v) is 16.3. The number of nitrogens with zero attached hydrogens (tertiary/aromatic N) is 3. The molecular formula is C20H29N5O. The van der Waals surface area contributed by atoms with Crippen LogP contribution in [0.15, 0.2) is 30.3 Å². The van der Waals surface area contributed by atoms with Gasteiger partial charge in [0.15, 0.2) is 0 Å². The second kappa shape index (κ2) is 9.29. The molecule has 0 atom stereocenters. The van der Waals surface area contributed by atoms with E-state index in [1.807, 2.05) is 26.2 Å². The summed E-state index contributed by atoms with van der Waals surface area (Å²) in [6.45, 7) is 7.68. The molecule has 2 aromatic rings. The summed E-state index contributed by atoms with van der Waals surface area (Å²) in [5.41, 5.74) is 2.60. The summed E-state index contributed by atoms with van der Waals surface area (Å²) in [4.78, 5) is 23.0. The fraction of sp³-hybridized carbons (Fsp3) is 0.450. The maximum absolute atomic E-state index is 12.3. The van der Waals surface area contributed by atoms with Crippen LogP contribution in [-0.4, -0.2) is 48.0 Å². The van der Waals surface area contributed by atoms with E-state index in [2.05, 4.69) is 51.5 Å². The molecule has 0 unspecified atom stereocenters. The van der Waals surface area contributed by atoms with Gasteiger partial charge in [0.25, 0.3) is 5.91 Å². The van der Waals surface area contributed by atoms with E-state index in [4.69, 9.17) is 0 Å². The molecule has 1 aromatic carbocycles. The molecule has 0 fully saturated rings. The summed E-state index contributed by atoms with van der Waals surface area (Å²) in [6.07, 6.45) is 0.899. The standard InChI is InChI=1S/C20H29N5O/c1-14(2)16-7-9-17(10-8-16)24-19-13-18(22-15(3)23-19)20(26)21-11-6-12-25(4)5/h7-10,13-14H,6,11-12H2,1-5H3,(H,21,26)(H,22,23,24).